The summed E-state index contributed by atoms with van der Waals surface area (Å²) in [5.74, 6) is 0.104. The molecular formula is C15H36N2O2. The Morgan fingerprint density at radius 1 is 1.11 bits per heavy atom. The molecule has 0 aromatic carbocycles. The van der Waals surface area contributed by atoms with Crippen molar-refractivity contribution in [3.05, 3.63) is 0 Å². The van der Waals surface area contributed by atoms with Gasteiger partial charge in [0.2, 0.25) is 5.91 Å². The number of hydrogen-bond acceptors (Lipinski definition) is 3. The Morgan fingerprint density at radius 2 is 1.74 bits per heavy atom. The summed E-state index contributed by atoms with van der Waals surface area (Å²) < 4.78 is 5.49. The van der Waals surface area contributed by atoms with Crippen molar-refractivity contribution in [2.75, 3.05) is 26.2 Å². The molecule has 0 spiro atoms. The molecule has 0 aromatic rings. The summed E-state index contributed by atoms with van der Waals surface area (Å²) in [6.07, 6.45) is 7.58. The van der Waals surface area contributed by atoms with Crippen LogP contribution in [0.15, 0.2) is 0 Å². The molecule has 1 amide bonds. The molecule has 4 heteroatoms. The van der Waals surface area contributed by atoms with Crippen LogP contribution < -0.4 is 10.6 Å². The summed E-state index contributed by atoms with van der Waals surface area (Å²) in [6.45, 7) is 9.12. The number of carbonyl (C=O) groups is 1. The molecule has 118 valence electrons. The van der Waals surface area contributed by atoms with Crippen LogP contribution in [-0.4, -0.2) is 38.3 Å². The van der Waals surface area contributed by atoms with E-state index in [-0.39, 0.29) is 8.76 Å². The number of nitrogens with one attached hydrogen (secondary N) is 2. The van der Waals surface area contributed by atoms with Crippen molar-refractivity contribution in [2.24, 2.45) is 0 Å². The Kier molecular flexibility index (Phi) is 13.4. The van der Waals surface area contributed by atoms with Crippen molar-refractivity contribution in [1.82, 2.24) is 10.6 Å². The van der Waals surface area contributed by atoms with Gasteiger partial charge in [0.25, 0.3) is 0 Å². The lowest BCUT2D eigenvalue weighted by Gasteiger charge is -2.07. The van der Waals surface area contributed by atoms with E-state index in [9.17, 15) is 4.79 Å². The van der Waals surface area contributed by atoms with Gasteiger partial charge in [-0.25, -0.2) is 0 Å². The second-order valence-corrected chi connectivity index (χ2v) is 5.17. The van der Waals surface area contributed by atoms with Crippen LogP contribution in [-0.2, 0) is 9.53 Å². The van der Waals surface area contributed by atoms with Crippen molar-refractivity contribution in [2.45, 2.75) is 65.4 Å². The van der Waals surface area contributed by atoms with E-state index in [0.29, 0.717) is 12.6 Å². The lowest BCUT2D eigenvalue weighted by atomic mass is 10.1. The first kappa shape index (κ1) is 18.4. The fraction of sp³-hybridized carbons (Fsp3) is 0.933. The summed E-state index contributed by atoms with van der Waals surface area (Å²) in [5, 5.41) is 5.93. The van der Waals surface area contributed by atoms with E-state index >= 15 is 0 Å². The number of rotatable bonds is 13. The first-order valence-corrected chi connectivity index (χ1v) is 7.75. The highest BCUT2D eigenvalue weighted by molar-refractivity contribution is 5.77. The molecule has 0 aromatic heterocycles. The second kappa shape index (κ2) is 13.8. The molecule has 0 heterocycles. The number of hydrogen-bond donors (Lipinski definition) is 2. The van der Waals surface area contributed by atoms with Crippen LogP contribution in [0.2, 0.25) is 0 Å². The monoisotopic (exact) mass is 276 g/mol. The van der Waals surface area contributed by atoms with Gasteiger partial charge in [-0.1, -0.05) is 32.6 Å². The molecular weight excluding hydrogens is 240 g/mol. The zero-order valence-corrected chi connectivity index (χ0v) is 13.0. The van der Waals surface area contributed by atoms with Gasteiger partial charge >= 0.3 is 0 Å². The summed E-state index contributed by atoms with van der Waals surface area (Å²) in [4.78, 5) is 11.3. The Hall–Kier alpha value is -0.610. The molecule has 0 fully saturated rings. The van der Waals surface area contributed by atoms with Crippen LogP contribution in [0.1, 0.15) is 62.1 Å². The Morgan fingerprint density at radius 3 is 2.37 bits per heavy atom. The van der Waals surface area contributed by atoms with E-state index in [1.54, 1.807) is 0 Å². The maximum absolute atomic E-state index is 11.3. The number of ether oxygens (including phenoxy) is 1. The molecule has 0 aliphatic heterocycles. The standard InChI is InChI=1S/C15H32N2O2.2H2/c1-4-16-13-15(18)17-11-9-7-5-6-8-10-12-19-14(2)3;;/h14,16H,4-13H2,1-3H3,(H,17,18);2*1H. The van der Waals surface area contributed by atoms with E-state index in [0.717, 1.165) is 32.5 Å². The van der Waals surface area contributed by atoms with Gasteiger partial charge in [0, 0.05) is 16.0 Å². The fourth-order valence-corrected chi connectivity index (χ4v) is 1.78. The first-order valence-electron chi connectivity index (χ1n) is 7.75. The van der Waals surface area contributed by atoms with E-state index in [2.05, 4.69) is 24.5 Å². The highest BCUT2D eigenvalue weighted by Crippen LogP contribution is 2.05. The minimum absolute atomic E-state index is 0. The quantitative estimate of drug-likeness (QED) is 0.508. The largest absolute Gasteiger partial charge is 0.379 e. The molecule has 0 atom stereocenters. The van der Waals surface area contributed by atoms with E-state index in [1.165, 1.54) is 25.7 Å². The van der Waals surface area contributed by atoms with Gasteiger partial charge in [0.15, 0.2) is 0 Å². The predicted octanol–water partition coefficient (Wildman–Crippen LogP) is 2.97. The molecule has 0 unspecified atom stereocenters. The number of likely N-dealkylation sites (N-methyl/N-ethyl adjacent to an activating group) is 1. The summed E-state index contributed by atoms with van der Waals surface area (Å²) >= 11 is 0. The Balaban J connectivity index is -0.00000162. The predicted molar refractivity (Wildman–Crippen MR) is 84.6 cm³/mol. The van der Waals surface area contributed by atoms with Gasteiger partial charge in [0.05, 0.1) is 12.6 Å². The zero-order valence-electron chi connectivity index (χ0n) is 13.0. The fourth-order valence-electron chi connectivity index (χ4n) is 1.78. The lowest BCUT2D eigenvalue weighted by Crippen LogP contribution is -2.34. The van der Waals surface area contributed by atoms with Crippen molar-refractivity contribution < 1.29 is 12.4 Å². The summed E-state index contributed by atoms with van der Waals surface area (Å²) in [5.41, 5.74) is 0. The lowest BCUT2D eigenvalue weighted by molar-refractivity contribution is -0.120. The van der Waals surface area contributed by atoms with Crippen LogP contribution in [0.3, 0.4) is 0 Å². The number of amides is 1. The summed E-state index contributed by atoms with van der Waals surface area (Å²) in [6, 6.07) is 0. The van der Waals surface area contributed by atoms with Gasteiger partial charge in [-0.05, 0) is 33.2 Å². The average molecular weight is 276 g/mol. The maximum Gasteiger partial charge on any atom is 0.233 e. The third kappa shape index (κ3) is 15.3. The molecule has 0 aliphatic rings. The van der Waals surface area contributed by atoms with Crippen LogP contribution in [0, 0.1) is 0 Å². The van der Waals surface area contributed by atoms with Gasteiger partial charge < -0.3 is 15.4 Å². The van der Waals surface area contributed by atoms with Gasteiger partial charge in [-0.3, -0.25) is 4.79 Å². The van der Waals surface area contributed by atoms with Gasteiger partial charge in [-0.2, -0.15) is 0 Å². The molecule has 0 saturated heterocycles. The molecule has 2 N–H and O–H groups in total. The van der Waals surface area contributed by atoms with Gasteiger partial charge in [-0.15, -0.1) is 0 Å². The normalized spacial score (nSPS) is 10.9. The smallest absolute Gasteiger partial charge is 0.233 e. The third-order valence-electron chi connectivity index (χ3n) is 2.88. The third-order valence-corrected chi connectivity index (χ3v) is 2.88. The van der Waals surface area contributed by atoms with E-state index in [1.807, 2.05) is 6.92 Å². The van der Waals surface area contributed by atoms with Crippen molar-refractivity contribution >= 4 is 5.91 Å². The molecule has 4 nitrogen and oxygen atoms in total. The van der Waals surface area contributed by atoms with Gasteiger partial charge in [0.1, 0.15) is 0 Å². The van der Waals surface area contributed by atoms with Crippen LogP contribution >= 0.6 is 0 Å². The highest BCUT2D eigenvalue weighted by Gasteiger charge is 1.98. The Bertz CT molecular complexity index is 218. The molecule has 0 saturated carbocycles. The van der Waals surface area contributed by atoms with Crippen molar-refractivity contribution in [3.8, 4) is 0 Å². The second-order valence-electron chi connectivity index (χ2n) is 5.17. The van der Waals surface area contributed by atoms with Crippen molar-refractivity contribution in [1.29, 1.82) is 0 Å². The van der Waals surface area contributed by atoms with Crippen LogP contribution in [0.5, 0.6) is 0 Å². The molecule has 0 radical (unpaired) electrons. The minimum atomic E-state index is 0. The molecule has 0 bridgehead atoms. The molecule has 0 rings (SSSR count). The highest BCUT2D eigenvalue weighted by atomic mass is 16.5. The number of carbonyl (C=O) groups excluding carboxylic acids is 1. The molecule has 0 aliphatic carbocycles. The number of unbranched alkanes of at least 4 members (excludes halogenated alkanes) is 5. The van der Waals surface area contributed by atoms with Crippen LogP contribution in [0.4, 0.5) is 0 Å². The first-order chi connectivity index (χ1) is 9.16. The molecule has 19 heavy (non-hydrogen) atoms. The minimum Gasteiger partial charge on any atom is -0.379 e. The van der Waals surface area contributed by atoms with Crippen LogP contribution in [0.25, 0.3) is 0 Å². The average Bonchev–Trinajstić information content (AvgIpc) is 2.38. The van der Waals surface area contributed by atoms with E-state index in [4.69, 9.17) is 4.74 Å². The summed E-state index contributed by atoms with van der Waals surface area (Å²) in [7, 11) is 0. The maximum atomic E-state index is 11.3. The SMILES string of the molecule is CCNCC(=O)NCCCCCCCCOC(C)C.[HH].[HH]. The Labute approximate surface area is 121 Å². The van der Waals surface area contributed by atoms with Crippen molar-refractivity contribution in [3.63, 3.8) is 0 Å². The topological polar surface area (TPSA) is 50.4 Å². The van der Waals surface area contributed by atoms with E-state index < -0.39 is 0 Å². The zero-order chi connectivity index (χ0) is 14.3.